The molecule has 4 nitrogen and oxygen atoms in total. The summed E-state index contributed by atoms with van der Waals surface area (Å²) in [6, 6.07) is 6.57. The molecule has 116 valence electrons. The lowest BCUT2D eigenvalue weighted by atomic mass is 10.1. The molecule has 2 heterocycles. The van der Waals surface area contributed by atoms with Gasteiger partial charge in [0.15, 0.2) is 5.13 Å². The van der Waals surface area contributed by atoms with E-state index in [0.29, 0.717) is 22.7 Å². The zero-order valence-electron chi connectivity index (χ0n) is 11.8. The lowest BCUT2D eigenvalue weighted by Gasteiger charge is -2.01. The fraction of sp³-hybridized carbons (Fsp3) is 0.0625. The molecule has 0 aliphatic heterocycles. The van der Waals surface area contributed by atoms with Crippen molar-refractivity contribution >= 4 is 22.4 Å². The van der Waals surface area contributed by atoms with Gasteiger partial charge in [0.2, 0.25) is 0 Å². The molecule has 0 bridgehead atoms. The van der Waals surface area contributed by atoms with Gasteiger partial charge in [0.1, 0.15) is 11.6 Å². The summed E-state index contributed by atoms with van der Waals surface area (Å²) in [6.07, 6.45) is 4.98. The topological polar surface area (TPSA) is 54.9 Å². The highest BCUT2D eigenvalue weighted by Gasteiger charge is 2.10. The molecule has 0 fully saturated rings. The highest BCUT2D eigenvalue weighted by Crippen LogP contribution is 2.22. The van der Waals surface area contributed by atoms with E-state index in [9.17, 15) is 13.6 Å². The maximum Gasteiger partial charge on any atom is 0.257 e. The second-order valence-electron chi connectivity index (χ2n) is 4.78. The minimum Gasteiger partial charge on any atom is -0.298 e. The average Bonchev–Trinajstić information content (AvgIpc) is 2.94. The second kappa shape index (κ2) is 6.62. The lowest BCUT2D eigenvalue weighted by molar-refractivity contribution is 0.102. The zero-order chi connectivity index (χ0) is 16.2. The second-order valence-corrected chi connectivity index (χ2v) is 5.89. The molecular weight excluding hydrogens is 320 g/mol. The van der Waals surface area contributed by atoms with Crippen LogP contribution in [0.4, 0.5) is 13.9 Å². The highest BCUT2D eigenvalue weighted by atomic mass is 32.1. The smallest absolute Gasteiger partial charge is 0.257 e. The van der Waals surface area contributed by atoms with Gasteiger partial charge in [-0.2, -0.15) is 0 Å². The number of thiazole rings is 1. The van der Waals surface area contributed by atoms with Crippen LogP contribution in [0.2, 0.25) is 0 Å². The number of nitrogens with zero attached hydrogens (tertiary/aromatic N) is 2. The van der Waals surface area contributed by atoms with Crippen LogP contribution in [0.15, 0.2) is 48.9 Å². The molecule has 0 saturated heterocycles. The first-order valence-corrected chi connectivity index (χ1v) is 7.53. The monoisotopic (exact) mass is 331 g/mol. The van der Waals surface area contributed by atoms with Gasteiger partial charge in [-0.15, -0.1) is 11.3 Å². The first-order chi connectivity index (χ1) is 11.1. The number of hydrogen-bond acceptors (Lipinski definition) is 4. The molecule has 3 aromatic rings. The molecule has 1 amide bonds. The summed E-state index contributed by atoms with van der Waals surface area (Å²) >= 11 is 1.26. The van der Waals surface area contributed by atoms with Crippen LogP contribution >= 0.6 is 11.3 Å². The third-order valence-electron chi connectivity index (χ3n) is 3.02. The Hall–Kier alpha value is -2.67. The highest BCUT2D eigenvalue weighted by molar-refractivity contribution is 7.15. The quantitative estimate of drug-likeness (QED) is 0.794. The molecule has 23 heavy (non-hydrogen) atoms. The van der Waals surface area contributed by atoms with Gasteiger partial charge in [-0.05, 0) is 29.8 Å². The van der Waals surface area contributed by atoms with Crippen LogP contribution in [0, 0.1) is 11.6 Å². The maximum atomic E-state index is 13.2. The fourth-order valence-corrected chi connectivity index (χ4v) is 2.88. The van der Waals surface area contributed by atoms with E-state index in [4.69, 9.17) is 0 Å². The minimum absolute atomic E-state index is 0.287. The van der Waals surface area contributed by atoms with Crippen molar-refractivity contribution in [2.24, 2.45) is 0 Å². The van der Waals surface area contributed by atoms with Gasteiger partial charge in [-0.25, -0.2) is 13.8 Å². The largest absolute Gasteiger partial charge is 0.298 e. The van der Waals surface area contributed by atoms with Gasteiger partial charge in [0, 0.05) is 41.5 Å². The van der Waals surface area contributed by atoms with E-state index >= 15 is 0 Å². The van der Waals surface area contributed by atoms with Gasteiger partial charge < -0.3 is 0 Å². The molecule has 0 radical (unpaired) electrons. The van der Waals surface area contributed by atoms with Gasteiger partial charge in [0.05, 0.1) is 0 Å². The standard InChI is InChI=1S/C16H11F2N3OS/c17-12-5-10(6-13(18)8-12)7-14-9-20-16(23-14)21-15(22)11-1-3-19-4-2-11/h1-6,8-9H,7H2,(H,20,21,22). The Bertz CT molecular complexity index is 816. The van der Waals surface area contributed by atoms with Gasteiger partial charge in [-0.3, -0.25) is 15.1 Å². The first kappa shape index (κ1) is 15.2. The van der Waals surface area contributed by atoms with Crippen LogP contribution < -0.4 is 5.32 Å². The Balaban J connectivity index is 1.69. The predicted octanol–water partition coefficient (Wildman–Crippen LogP) is 3.66. The number of pyridine rings is 1. The third kappa shape index (κ3) is 3.95. The fourth-order valence-electron chi connectivity index (χ4n) is 2.03. The number of benzene rings is 1. The van der Waals surface area contributed by atoms with Crippen LogP contribution in [0.5, 0.6) is 0 Å². The van der Waals surface area contributed by atoms with E-state index in [1.165, 1.54) is 35.9 Å². The molecular formula is C16H11F2N3OS. The third-order valence-corrected chi connectivity index (χ3v) is 3.93. The summed E-state index contributed by atoms with van der Waals surface area (Å²) < 4.78 is 26.4. The molecule has 3 rings (SSSR count). The van der Waals surface area contributed by atoms with E-state index in [-0.39, 0.29) is 5.91 Å². The molecule has 1 aromatic carbocycles. The minimum atomic E-state index is -0.615. The predicted molar refractivity (Wildman–Crippen MR) is 83.5 cm³/mol. The van der Waals surface area contributed by atoms with E-state index in [1.54, 1.807) is 18.3 Å². The summed E-state index contributed by atoms with van der Waals surface area (Å²) in [6.45, 7) is 0. The average molecular weight is 331 g/mol. The van der Waals surface area contributed by atoms with E-state index in [2.05, 4.69) is 15.3 Å². The lowest BCUT2D eigenvalue weighted by Crippen LogP contribution is -2.11. The SMILES string of the molecule is O=C(Nc1ncc(Cc2cc(F)cc(F)c2)s1)c1ccncc1. The van der Waals surface area contributed by atoms with Crippen molar-refractivity contribution in [1.29, 1.82) is 0 Å². The molecule has 0 spiro atoms. The van der Waals surface area contributed by atoms with Crippen molar-refractivity contribution in [1.82, 2.24) is 9.97 Å². The van der Waals surface area contributed by atoms with E-state index in [1.807, 2.05) is 0 Å². The van der Waals surface area contributed by atoms with Crippen LogP contribution in [0.3, 0.4) is 0 Å². The number of halogens is 2. The first-order valence-electron chi connectivity index (χ1n) is 6.71. The van der Waals surface area contributed by atoms with Crippen molar-refractivity contribution in [3.05, 3.63) is 76.6 Å². The van der Waals surface area contributed by atoms with Crippen molar-refractivity contribution in [3.8, 4) is 0 Å². The summed E-state index contributed by atoms with van der Waals surface area (Å²) in [5.41, 5.74) is 0.988. The molecule has 0 unspecified atom stereocenters. The number of rotatable bonds is 4. The van der Waals surface area contributed by atoms with Crippen LogP contribution in [0.1, 0.15) is 20.8 Å². The number of amides is 1. The number of carbonyl (C=O) groups excluding carboxylic acids is 1. The zero-order valence-corrected chi connectivity index (χ0v) is 12.6. The van der Waals surface area contributed by atoms with Crippen molar-refractivity contribution < 1.29 is 13.6 Å². The summed E-state index contributed by atoms with van der Waals surface area (Å²) in [4.78, 5) is 20.7. The molecule has 1 N–H and O–H groups in total. The molecule has 0 aliphatic rings. The Kier molecular flexibility index (Phi) is 4.38. The molecule has 7 heteroatoms. The van der Waals surface area contributed by atoms with Crippen LogP contribution in [0.25, 0.3) is 0 Å². The maximum absolute atomic E-state index is 13.2. The molecule has 0 atom stereocenters. The summed E-state index contributed by atoms with van der Waals surface area (Å²) in [5.74, 6) is -1.52. The number of carbonyl (C=O) groups is 1. The van der Waals surface area contributed by atoms with Crippen molar-refractivity contribution in [3.63, 3.8) is 0 Å². The van der Waals surface area contributed by atoms with Gasteiger partial charge in [-0.1, -0.05) is 0 Å². The number of aromatic nitrogens is 2. The van der Waals surface area contributed by atoms with E-state index < -0.39 is 11.6 Å². The van der Waals surface area contributed by atoms with Crippen molar-refractivity contribution in [2.45, 2.75) is 6.42 Å². The summed E-state index contributed by atoms with van der Waals surface area (Å²) in [5, 5.41) is 3.11. The van der Waals surface area contributed by atoms with E-state index in [0.717, 1.165) is 10.9 Å². The number of anilines is 1. The van der Waals surface area contributed by atoms with Crippen LogP contribution in [-0.2, 0) is 6.42 Å². The van der Waals surface area contributed by atoms with Gasteiger partial charge in [0.25, 0.3) is 5.91 Å². The Morgan fingerprint density at radius 1 is 1.13 bits per heavy atom. The number of nitrogens with one attached hydrogen (secondary N) is 1. The number of hydrogen-bond donors (Lipinski definition) is 1. The Morgan fingerprint density at radius 2 is 1.83 bits per heavy atom. The van der Waals surface area contributed by atoms with Crippen LogP contribution in [-0.4, -0.2) is 15.9 Å². The van der Waals surface area contributed by atoms with Crippen molar-refractivity contribution in [2.75, 3.05) is 5.32 Å². The normalized spacial score (nSPS) is 10.5. The summed E-state index contributed by atoms with van der Waals surface area (Å²) in [7, 11) is 0. The Morgan fingerprint density at radius 3 is 2.52 bits per heavy atom. The van der Waals surface area contributed by atoms with Gasteiger partial charge >= 0.3 is 0 Å². The Labute approximate surface area is 134 Å². The molecule has 2 aromatic heterocycles. The molecule has 0 aliphatic carbocycles. The molecule has 0 saturated carbocycles.